The molecule has 0 bridgehead atoms. The summed E-state index contributed by atoms with van der Waals surface area (Å²) in [5.41, 5.74) is 1.42. The fourth-order valence-electron chi connectivity index (χ4n) is 3.10. The van der Waals surface area contributed by atoms with Gasteiger partial charge in [-0.3, -0.25) is 4.79 Å². The van der Waals surface area contributed by atoms with Crippen molar-refractivity contribution in [2.24, 2.45) is 0 Å². The van der Waals surface area contributed by atoms with Crippen LogP contribution in [0.15, 0.2) is 73.6 Å². The number of imidazole rings is 1. The third-order valence-electron chi connectivity index (χ3n) is 4.68. The summed E-state index contributed by atoms with van der Waals surface area (Å²) in [6.45, 7) is 6.42. The van der Waals surface area contributed by atoms with Crippen molar-refractivity contribution in [3.05, 3.63) is 102 Å². The fourth-order valence-corrected chi connectivity index (χ4v) is 3.10. The normalized spacial score (nSPS) is 11.3. The van der Waals surface area contributed by atoms with Gasteiger partial charge in [-0.2, -0.15) is 13.2 Å². The standard InChI is InChI=1S/C23H22F3N3O/c1-3-12-29(22(30)19-9-7-17(2)8-10-19)16-21-27-11-13-28(21)15-18-5-4-6-20(14-18)23(24,25)26/h3-11,13-14H,1,12,15-16H2,2H3. The maximum atomic E-state index is 13.0. The molecule has 156 valence electrons. The average molecular weight is 413 g/mol. The summed E-state index contributed by atoms with van der Waals surface area (Å²) < 4.78 is 40.7. The molecule has 1 amide bonds. The minimum absolute atomic E-state index is 0.163. The number of amides is 1. The van der Waals surface area contributed by atoms with Gasteiger partial charge in [0.05, 0.1) is 12.1 Å². The molecule has 0 aliphatic heterocycles. The van der Waals surface area contributed by atoms with Crippen LogP contribution in [0.4, 0.5) is 13.2 Å². The lowest BCUT2D eigenvalue weighted by Crippen LogP contribution is -2.32. The molecule has 3 rings (SSSR count). The highest BCUT2D eigenvalue weighted by atomic mass is 19.4. The molecular formula is C23H22F3N3O. The molecule has 0 unspecified atom stereocenters. The van der Waals surface area contributed by atoms with Gasteiger partial charge in [-0.15, -0.1) is 6.58 Å². The number of aromatic nitrogens is 2. The second kappa shape index (κ2) is 8.98. The summed E-state index contributed by atoms with van der Waals surface area (Å²) in [6.07, 6.45) is 0.505. The molecule has 3 aromatic rings. The van der Waals surface area contributed by atoms with Crippen LogP contribution in [0.5, 0.6) is 0 Å². The van der Waals surface area contributed by atoms with E-state index in [1.807, 2.05) is 19.1 Å². The number of halogens is 3. The van der Waals surface area contributed by atoms with E-state index in [0.29, 0.717) is 23.5 Å². The van der Waals surface area contributed by atoms with Crippen LogP contribution in [0.1, 0.15) is 32.9 Å². The summed E-state index contributed by atoms with van der Waals surface area (Å²) >= 11 is 0. The topological polar surface area (TPSA) is 38.1 Å². The Kier molecular flexibility index (Phi) is 6.40. The van der Waals surface area contributed by atoms with Crippen LogP contribution in [0, 0.1) is 6.92 Å². The van der Waals surface area contributed by atoms with Crippen LogP contribution in [0.25, 0.3) is 0 Å². The number of carbonyl (C=O) groups is 1. The van der Waals surface area contributed by atoms with Gasteiger partial charge in [0.25, 0.3) is 5.91 Å². The molecule has 0 saturated heterocycles. The lowest BCUT2D eigenvalue weighted by atomic mass is 10.1. The second-order valence-corrected chi connectivity index (χ2v) is 7.01. The van der Waals surface area contributed by atoms with Gasteiger partial charge in [0, 0.05) is 31.0 Å². The Morgan fingerprint density at radius 2 is 1.93 bits per heavy atom. The summed E-state index contributed by atoms with van der Waals surface area (Å²) in [6, 6.07) is 12.5. The Hall–Kier alpha value is -3.35. The molecule has 0 atom stereocenters. The summed E-state index contributed by atoms with van der Waals surface area (Å²) in [7, 11) is 0. The van der Waals surface area contributed by atoms with Gasteiger partial charge in [0.1, 0.15) is 5.82 Å². The summed E-state index contributed by atoms with van der Waals surface area (Å²) in [5.74, 6) is 0.415. The summed E-state index contributed by atoms with van der Waals surface area (Å²) in [4.78, 5) is 18.8. The molecule has 0 N–H and O–H groups in total. The third-order valence-corrected chi connectivity index (χ3v) is 4.68. The Balaban J connectivity index is 1.80. The Morgan fingerprint density at radius 3 is 2.60 bits per heavy atom. The lowest BCUT2D eigenvalue weighted by molar-refractivity contribution is -0.137. The van der Waals surface area contributed by atoms with Crippen molar-refractivity contribution < 1.29 is 18.0 Å². The molecule has 1 aromatic heterocycles. The Bertz CT molecular complexity index is 1020. The zero-order valence-electron chi connectivity index (χ0n) is 16.6. The maximum absolute atomic E-state index is 13.0. The van der Waals surface area contributed by atoms with E-state index in [2.05, 4.69) is 11.6 Å². The van der Waals surface area contributed by atoms with Crippen LogP contribution in [-0.4, -0.2) is 26.9 Å². The first kappa shape index (κ1) is 21.4. The average Bonchev–Trinajstić information content (AvgIpc) is 3.14. The molecule has 0 saturated carbocycles. The SMILES string of the molecule is C=CCN(Cc1nccn1Cc1cccc(C(F)(F)F)c1)C(=O)c1ccc(C)cc1. The van der Waals surface area contributed by atoms with Crippen molar-refractivity contribution in [2.75, 3.05) is 6.54 Å². The highest BCUT2D eigenvalue weighted by Gasteiger charge is 2.30. The van der Waals surface area contributed by atoms with Crippen molar-refractivity contribution in [1.29, 1.82) is 0 Å². The van der Waals surface area contributed by atoms with Crippen LogP contribution in [0.2, 0.25) is 0 Å². The molecule has 4 nitrogen and oxygen atoms in total. The largest absolute Gasteiger partial charge is 0.416 e. The molecule has 1 heterocycles. The van der Waals surface area contributed by atoms with Gasteiger partial charge in [-0.1, -0.05) is 35.9 Å². The van der Waals surface area contributed by atoms with E-state index in [1.54, 1.807) is 46.1 Å². The van der Waals surface area contributed by atoms with Crippen molar-refractivity contribution >= 4 is 5.91 Å². The first-order valence-electron chi connectivity index (χ1n) is 9.41. The minimum Gasteiger partial charge on any atom is -0.329 e. The predicted molar refractivity (Wildman–Crippen MR) is 109 cm³/mol. The predicted octanol–water partition coefficient (Wildman–Crippen LogP) is 5.09. The molecule has 0 fully saturated rings. The van der Waals surface area contributed by atoms with Crippen LogP contribution >= 0.6 is 0 Å². The molecule has 0 spiro atoms. The summed E-state index contributed by atoms with van der Waals surface area (Å²) in [5, 5.41) is 0. The van der Waals surface area contributed by atoms with Gasteiger partial charge in [0.15, 0.2) is 0 Å². The third kappa shape index (κ3) is 5.17. The van der Waals surface area contributed by atoms with Gasteiger partial charge in [-0.05, 0) is 36.8 Å². The zero-order valence-corrected chi connectivity index (χ0v) is 16.6. The van der Waals surface area contributed by atoms with Crippen LogP contribution in [-0.2, 0) is 19.3 Å². The minimum atomic E-state index is -4.39. The molecule has 0 aliphatic carbocycles. The number of aryl methyl sites for hydroxylation is 1. The Morgan fingerprint density at radius 1 is 1.20 bits per heavy atom. The highest BCUT2D eigenvalue weighted by molar-refractivity contribution is 5.94. The van der Waals surface area contributed by atoms with Crippen molar-refractivity contribution in [3.63, 3.8) is 0 Å². The van der Waals surface area contributed by atoms with E-state index in [0.717, 1.165) is 17.7 Å². The lowest BCUT2D eigenvalue weighted by Gasteiger charge is -2.22. The Labute approximate surface area is 173 Å². The van der Waals surface area contributed by atoms with E-state index >= 15 is 0 Å². The van der Waals surface area contributed by atoms with Gasteiger partial charge in [-0.25, -0.2) is 4.98 Å². The van der Waals surface area contributed by atoms with E-state index in [1.165, 1.54) is 6.07 Å². The number of hydrogen-bond acceptors (Lipinski definition) is 2. The van der Waals surface area contributed by atoms with E-state index in [4.69, 9.17) is 0 Å². The van der Waals surface area contributed by atoms with Crippen molar-refractivity contribution in [1.82, 2.24) is 14.5 Å². The smallest absolute Gasteiger partial charge is 0.329 e. The number of alkyl halides is 3. The molecule has 0 aliphatic rings. The quantitative estimate of drug-likeness (QED) is 0.506. The number of benzene rings is 2. The van der Waals surface area contributed by atoms with Crippen molar-refractivity contribution in [3.8, 4) is 0 Å². The number of carbonyl (C=O) groups excluding carboxylic acids is 1. The maximum Gasteiger partial charge on any atom is 0.416 e. The molecule has 0 radical (unpaired) electrons. The molecule has 7 heteroatoms. The molecular weight excluding hydrogens is 391 g/mol. The van der Waals surface area contributed by atoms with Gasteiger partial charge in [0.2, 0.25) is 0 Å². The fraction of sp³-hybridized carbons (Fsp3) is 0.217. The number of nitrogens with zero attached hydrogens (tertiary/aromatic N) is 3. The van der Waals surface area contributed by atoms with Gasteiger partial charge < -0.3 is 9.47 Å². The second-order valence-electron chi connectivity index (χ2n) is 7.01. The van der Waals surface area contributed by atoms with E-state index in [9.17, 15) is 18.0 Å². The first-order valence-corrected chi connectivity index (χ1v) is 9.41. The van der Waals surface area contributed by atoms with E-state index in [-0.39, 0.29) is 19.0 Å². The first-order chi connectivity index (χ1) is 14.3. The number of hydrogen-bond donors (Lipinski definition) is 0. The zero-order chi connectivity index (χ0) is 21.7. The van der Waals surface area contributed by atoms with Crippen molar-refractivity contribution in [2.45, 2.75) is 26.2 Å². The molecule has 2 aromatic carbocycles. The highest BCUT2D eigenvalue weighted by Crippen LogP contribution is 2.29. The number of rotatable bonds is 7. The van der Waals surface area contributed by atoms with E-state index < -0.39 is 11.7 Å². The van der Waals surface area contributed by atoms with Gasteiger partial charge >= 0.3 is 6.18 Å². The van der Waals surface area contributed by atoms with Crippen LogP contribution < -0.4 is 0 Å². The monoisotopic (exact) mass is 413 g/mol. The van der Waals surface area contributed by atoms with Crippen LogP contribution in [0.3, 0.4) is 0 Å². The molecule has 30 heavy (non-hydrogen) atoms.